The Kier molecular flexibility index (Phi) is 18.3. The Labute approximate surface area is 203 Å². The van der Waals surface area contributed by atoms with Crippen molar-refractivity contribution in [3.63, 3.8) is 0 Å². The van der Waals surface area contributed by atoms with E-state index in [-0.39, 0.29) is 85.7 Å². The van der Waals surface area contributed by atoms with Crippen LogP contribution in [-0.4, -0.2) is 91.4 Å². The van der Waals surface area contributed by atoms with E-state index in [1.165, 1.54) is 4.90 Å². The lowest BCUT2D eigenvalue weighted by Gasteiger charge is -2.23. The standard InChI is InChI=1S/C19H36N5O5PS2/c1-20-14(19(29)30)4-2-3-7-21-15(25)5-6-18(28)24(10-8-22-16(26)12-31)11-9-23-17(27)13-32/h14,20,31-32H,2-13,30H2,1H3,(H,21,25)(H,22,26)(H,23,27)/t14-/m0/s1. The minimum absolute atomic E-state index is 0.00924. The molecule has 184 valence electrons. The molecule has 0 saturated carbocycles. The highest BCUT2D eigenvalue weighted by Crippen LogP contribution is 2.05. The number of nitrogens with one attached hydrogen (secondary N) is 4. The smallest absolute Gasteiger partial charge is 0.229 e. The van der Waals surface area contributed by atoms with Crippen LogP contribution in [0.15, 0.2) is 0 Å². The fourth-order valence-electron chi connectivity index (χ4n) is 2.73. The lowest BCUT2D eigenvalue weighted by atomic mass is 10.1. The number of carbonyl (C=O) groups is 5. The van der Waals surface area contributed by atoms with Gasteiger partial charge in [0, 0.05) is 45.6 Å². The Hall–Kier alpha value is -1.36. The third-order valence-corrected chi connectivity index (χ3v) is 5.52. The average molecular weight is 510 g/mol. The molecular formula is C19H36N5O5PS2. The summed E-state index contributed by atoms with van der Waals surface area (Å²) >= 11 is 7.76. The van der Waals surface area contributed by atoms with Crippen molar-refractivity contribution in [3.05, 3.63) is 0 Å². The minimum atomic E-state index is -0.244. The predicted molar refractivity (Wildman–Crippen MR) is 134 cm³/mol. The number of hydrogen-bond acceptors (Lipinski definition) is 8. The van der Waals surface area contributed by atoms with Crippen molar-refractivity contribution in [2.24, 2.45) is 0 Å². The highest BCUT2D eigenvalue weighted by molar-refractivity contribution is 7.81. The van der Waals surface area contributed by atoms with E-state index < -0.39 is 0 Å². The zero-order valence-corrected chi connectivity index (χ0v) is 21.5. The van der Waals surface area contributed by atoms with Crippen molar-refractivity contribution < 1.29 is 24.0 Å². The first-order valence-electron chi connectivity index (χ1n) is 10.5. The molecule has 0 aliphatic rings. The van der Waals surface area contributed by atoms with Gasteiger partial charge in [-0.15, -0.1) is 0 Å². The first-order valence-corrected chi connectivity index (χ1v) is 12.4. The third-order valence-electron chi connectivity index (χ3n) is 4.55. The van der Waals surface area contributed by atoms with Crippen molar-refractivity contribution in [1.82, 2.24) is 26.2 Å². The number of hydrogen-bond donors (Lipinski definition) is 6. The van der Waals surface area contributed by atoms with Crippen molar-refractivity contribution in [2.75, 3.05) is 51.3 Å². The lowest BCUT2D eigenvalue weighted by Crippen LogP contribution is -2.43. The quantitative estimate of drug-likeness (QED) is 0.0794. The topological polar surface area (TPSA) is 137 Å². The monoisotopic (exact) mass is 509 g/mol. The summed E-state index contributed by atoms with van der Waals surface area (Å²) in [7, 11) is 3.90. The van der Waals surface area contributed by atoms with Gasteiger partial charge in [0.25, 0.3) is 0 Å². The highest BCUT2D eigenvalue weighted by Gasteiger charge is 2.16. The predicted octanol–water partition coefficient (Wildman–Crippen LogP) is -1.04. The summed E-state index contributed by atoms with van der Waals surface area (Å²) < 4.78 is 0. The van der Waals surface area contributed by atoms with Crippen molar-refractivity contribution >= 4 is 63.7 Å². The van der Waals surface area contributed by atoms with Crippen LogP contribution in [0.3, 0.4) is 0 Å². The highest BCUT2D eigenvalue weighted by atomic mass is 32.1. The van der Waals surface area contributed by atoms with Crippen LogP contribution in [0, 0.1) is 0 Å². The molecule has 0 aromatic heterocycles. The average Bonchev–Trinajstić information content (AvgIpc) is 2.77. The van der Waals surface area contributed by atoms with E-state index in [2.05, 4.69) is 55.8 Å². The van der Waals surface area contributed by atoms with Crippen LogP contribution in [0.25, 0.3) is 0 Å². The molecule has 32 heavy (non-hydrogen) atoms. The molecule has 0 fully saturated rings. The molecule has 0 saturated heterocycles. The molecule has 0 rings (SSSR count). The first kappa shape index (κ1) is 30.6. The molecule has 0 heterocycles. The summed E-state index contributed by atoms with van der Waals surface area (Å²) in [4.78, 5) is 60.0. The van der Waals surface area contributed by atoms with Gasteiger partial charge in [-0.3, -0.25) is 24.0 Å². The van der Waals surface area contributed by atoms with Crippen molar-refractivity contribution in [1.29, 1.82) is 0 Å². The maximum Gasteiger partial charge on any atom is 0.229 e. The Bertz CT molecular complexity index is 605. The Morgan fingerprint density at radius 1 is 0.812 bits per heavy atom. The summed E-state index contributed by atoms with van der Waals surface area (Å²) in [6.45, 7) is 1.51. The van der Waals surface area contributed by atoms with Crippen LogP contribution in [0.2, 0.25) is 0 Å². The van der Waals surface area contributed by atoms with Gasteiger partial charge in [0.1, 0.15) is 0 Å². The zero-order chi connectivity index (χ0) is 24.4. The van der Waals surface area contributed by atoms with Gasteiger partial charge in [0.15, 0.2) is 5.52 Å². The summed E-state index contributed by atoms with van der Waals surface area (Å²) in [5.41, 5.74) is 0.00924. The van der Waals surface area contributed by atoms with Crippen LogP contribution in [0.4, 0.5) is 0 Å². The molecule has 0 aromatic rings. The number of thiol groups is 2. The van der Waals surface area contributed by atoms with E-state index in [1.807, 2.05) is 0 Å². The van der Waals surface area contributed by atoms with Gasteiger partial charge in [0.05, 0.1) is 17.5 Å². The van der Waals surface area contributed by atoms with Gasteiger partial charge in [-0.1, -0.05) is 9.24 Å². The maximum absolute atomic E-state index is 12.5. The third kappa shape index (κ3) is 15.4. The maximum atomic E-state index is 12.5. The van der Waals surface area contributed by atoms with Crippen LogP contribution in [0.5, 0.6) is 0 Å². The largest absolute Gasteiger partial charge is 0.356 e. The van der Waals surface area contributed by atoms with Crippen LogP contribution < -0.4 is 21.3 Å². The van der Waals surface area contributed by atoms with E-state index in [0.29, 0.717) is 13.0 Å². The molecule has 10 nitrogen and oxygen atoms in total. The number of unbranched alkanes of at least 4 members (excludes halogenated alkanes) is 1. The van der Waals surface area contributed by atoms with Crippen molar-refractivity contribution in [2.45, 2.75) is 38.1 Å². The van der Waals surface area contributed by atoms with Crippen LogP contribution >= 0.6 is 34.5 Å². The molecule has 0 aromatic carbocycles. The van der Waals surface area contributed by atoms with E-state index in [0.717, 1.165) is 12.8 Å². The van der Waals surface area contributed by atoms with Crippen molar-refractivity contribution in [3.8, 4) is 0 Å². The molecule has 4 N–H and O–H groups in total. The van der Waals surface area contributed by atoms with Gasteiger partial charge < -0.3 is 26.2 Å². The van der Waals surface area contributed by atoms with E-state index in [9.17, 15) is 24.0 Å². The SMILES string of the molecule is CN[C@@H](CCCCNC(=O)CCC(=O)N(CCNC(=O)CS)CCNC(=O)CS)C(=O)P. The van der Waals surface area contributed by atoms with E-state index in [1.54, 1.807) is 7.05 Å². The van der Waals surface area contributed by atoms with Gasteiger partial charge in [-0.2, -0.15) is 25.3 Å². The first-order chi connectivity index (χ1) is 15.2. The molecule has 13 heteroatoms. The summed E-state index contributed by atoms with van der Waals surface area (Å²) in [6, 6.07) is -0.200. The fraction of sp³-hybridized carbons (Fsp3) is 0.737. The second kappa shape index (κ2) is 19.1. The Balaban J connectivity index is 4.33. The van der Waals surface area contributed by atoms with E-state index >= 15 is 0 Å². The minimum Gasteiger partial charge on any atom is -0.356 e. The second-order valence-corrected chi connectivity index (χ2v) is 8.19. The number of amides is 4. The molecule has 0 bridgehead atoms. The van der Waals surface area contributed by atoms with E-state index in [4.69, 9.17) is 0 Å². The Morgan fingerprint density at radius 2 is 1.34 bits per heavy atom. The molecule has 0 spiro atoms. The molecule has 0 aliphatic carbocycles. The zero-order valence-electron chi connectivity index (χ0n) is 18.5. The van der Waals surface area contributed by atoms with Gasteiger partial charge in [-0.25, -0.2) is 0 Å². The van der Waals surface area contributed by atoms with Gasteiger partial charge in [-0.05, 0) is 26.3 Å². The second-order valence-electron chi connectivity index (χ2n) is 6.99. The number of likely N-dealkylation sites (N-methyl/N-ethyl adjacent to an activating group) is 1. The van der Waals surface area contributed by atoms with Crippen LogP contribution in [-0.2, 0) is 24.0 Å². The number of rotatable bonds is 18. The fourth-order valence-corrected chi connectivity index (χ4v) is 3.29. The Morgan fingerprint density at radius 3 is 1.81 bits per heavy atom. The normalized spacial score (nSPS) is 11.4. The molecule has 4 amide bonds. The summed E-state index contributed by atoms with van der Waals surface area (Å²) in [6.07, 6.45) is 2.28. The molecule has 2 atom stereocenters. The summed E-state index contributed by atoms with van der Waals surface area (Å²) in [5, 5.41) is 11.0. The number of carbonyl (C=O) groups excluding carboxylic acids is 5. The van der Waals surface area contributed by atoms with Gasteiger partial charge in [0.2, 0.25) is 23.6 Å². The molecule has 0 aliphatic heterocycles. The lowest BCUT2D eigenvalue weighted by molar-refractivity contribution is -0.134. The molecule has 0 radical (unpaired) electrons. The van der Waals surface area contributed by atoms with Gasteiger partial charge >= 0.3 is 0 Å². The van der Waals surface area contributed by atoms with Crippen LogP contribution in [0.1, 0.15) is 32.1 Å². The number of nitrogens with zero attached hydrogens (tertiary/aromatic N) is 1. The summed E-state index contributed by atoms with van der Waals surface area (Å²) in [5.74, 6) is -0.850. The molecule has 1 unspecified atom stereocenters. The molecular weight excluding hydrogens is 473 g/mol.